The van der Waals surface area contributed by atoms with Gasteiger partial charge in [0, 0.05) is 25.3 Å². The lowest BCUT2D eigenvalue weighted by Crippen LogP contribution is -2.38. The molecule has 5 nitrogen and oxygen atoms in total. The fourth-order valence-electron chi connectivity index (χ4n) is 2.30. The number of ether oxygens (including phenoxy) is 1. The van der Waals surface area contributed by atoms with Gasteiger partial charge in [0.25, 0.3) is 0 Å². The van der Waals surface area contributed by atoms with Crippen LogP contribution >= 0.6 is 0 Å². The van der Waals surface area contributed by atoms with Crippen LogP contribution < -0.4 is 0 Å². The van der Waals surface area contributed by atoms with E-state index in [-0.39, 0.29) is 23.8 Å². The van der Waals surface area contributed by atoms with Crippen LogP contribution in [-0.4, -0.2) is 35.3 Å². The van der Waals surface area contributed by atoms with Gasteiger partial charge in [-0.1, -0.05) is 13.8 Å². The van der Waals surface area contributed by atoms with Gasteiger partial charge in [-0.25, -0.2) is 0 Å². The van der Waals surface area contributed by atoms with Crippen molar-refractivity contribution in [2.45, 2.75) is 64.8 Å². The molecule has 5 heteroatoms. The number of likely N-dealkylation sites (tertiary alicyclic amines) is 1. The summed E-state index contributed by atoms with van der Waals surface area (Å²) in [7, 11) is 0. The van der Waals surface area contributed by atoms with Gasteiger partial charge >= 0.3 is 5.97 Å². The second-order valence-electron chi connectivity index (χ2n) is 4.77. The smallest absolute Gasteiger partial charge is 0.305 e. The van der Waals surface area contributed by atoms with Crippen LogP contribution in [0.1, 0.15) is 58.8 Å². The third-order valence-corrected chi connectivity index (χ3v) is 3.38. The van der Waals surface area contributed by atoms with Gasteiger partial charge in [-0.05, 0) is 25.7 Å². The van der Waals surface area contributed by atoms with Crippen molar-refractivity contribution >= 4 is 17.8 Å². The van der Waals surface area contributed by atoms with E-state index in [1.807, 2.05) is 0 Å². The number of rotatable bonds is 7. The maximum Gasteiger partial charge on any atom is 0.305 e. The van der Waals surface area contributed by atoms with E-state index in [0.717, 1.165) is 25.7 Å². The number of carbonyl (C=O) groups is 3. The van der Waals surface area contributed by atoms with Crippen molar-refractivity contribution in [1.82, 2.24) is 4.90 Å². The van der Waals surface area contributed by atoms with Crippen LogP contribution in [0.3, 0.4) is 0 Å². The topological polar surface area (TPSA) is 63.7 Å². The Morgan fingerprint density at radius 2 is 2.00 bits per heavy atom. The molecule has 0 bridgehead atoms. The van der Waals surface area contributed by atoms with Crippen molar-refractivity contribution in [3.8, 4) is 0 Å². The molecule has 0 saturated carbocycles. The predicted molar refractivity (Wildman–Crippen MR) is 70.3 cm³/mol. The number of nitrogens with zero attached hydrogens (tertiary/aromatic N) is 1. The molecule has 19 heavy (non-hydrogen) atoms. The average molecular weight is 269 g/mol. The lowest BCUT2D eigenvalue weighted by atomic mass is 10.1. The highest BCUT2D eigenvalue weighted by Gasteiger charge is 2.34. The maximum absolute atomic E-state index is 11.7. The molecular weight excluding hydrogens is 246 g/mol. The first-order chi connectivity index (χ1) is 9.10. The lowest BCUT2D eigenvalue weighted by molar-refractivity contribution is -0.144. The fourth-order valence-corrected chi connectivity index (χ4v) is 2.30. The Hall–Kier alpha value is -1.39. The Morgan fingerprint density at radius 3 is 2.63 bits per heavy atom. The summed E-state index contributed by atoms with van der Waals surface area (Å²) >= 11 is 0. The van der Waals surface area contributed by atoms with Gasteiger partial charge in [-0.15, -0.1) is 0 Å². The highest BCUT2D eigenvalue weighted by Crippen LogP contribution is 2.23. The SMILES string of the molecule is CCC(=O)OCCCCC1CCC(=O)N1C(=O)CC. The van der Waals surface area contributed by atoms with E-state index in [2.05, 4.69) is 0 Å². The van der Waals surface area contributed by atoms with Gasteiger partial charge < -0.3 is 4.74 Å². The van der Waals surface area contributed by atoms with E-state index in [1.54, 1.807) is 13.8 Å². The molecule has 0 aliphatic carbocycles. The molecule has 1 rings (SSSR count). The molecule has 1 unspecified atom stereocenters. The largest absolute Gasteiger partial charge is 0.466 e. The first kappa shape index (κ1) is 15.7. The second-order valence-corrected chi connectivity index (χ2v) is 4.77. The Balaban J connectivity index is 2.26. The summed E-state index contributed by atoms with van der Waals surface area (Å²) < 4.78 is 4.99. The number of imide groups is 1. The van der Waals surface area contributed by atoms with Gasteiger partial charge in [0.05, 0.1) is 6.61 Å². The quantitative estimate of drug-likeness (QED) is 0.524. The van der Waals surface area contributed by atoms with Crippen molar-refractivity contribution in [1.29, 1.82) is 0 Å². The highest BCUT2D eigenvalue weighted by atomic mass is 16.5. The normalized spacial score (nSPS) is 18.7. The Labute approximate surface area is 114 Å². The zero-order valence-corrected chi connectivity index (χ0v) is 11.8. The Kier molecular flexibility index (Phi) is 6.53. The Morgan fingerprint density at radius 1 is 1.26 bits per heavy atom. The van der Waals surface area contributed by atoms with Crippen LogP contribution in [0, 0.1) is 0 Å². The van der Waals surface area contributed by atoms with Gasteiger partial charge in [-0.3, -0.25) is 19.3 Å². The molecule has 0 aromatic carbocycles. The highest BCUT2D eigenvalue weighted by molar-refractivity contribution is 5.97. The number of hydrogen-bond donors (Lipinski definition) is 0. The first-order valence-electron chi connectivity index (χ1n) is 7.10. The zero-order chi connectivity index (χ0) is 14.3. The molecule has 0 aromatic heterocycles. The van der Waals surface area contributed by atoms with Crippen molar-refractivity contribution in [3.05, 3.63) is 0 Å². The van der Waals surface area contributed by atoms with Crippen molar-refractivity contribution in [2.24, 2.45) is 0 Å². The number of hydrogen-bond acceptors (Lipinski definition) is 4. The molecule has 0 aromatic rings. The molecule has 1 aliphatic heterocycles. The lowest BCUT2D eigenvalue weighted by Gasteiger charge is -2.22. The molecule has 1 heterocycles. The molecule has 1 aliphatic rings. The summed E-state index contributed by atoms with van der Waals surface area (Å²) in [6.45, 7) is 3.96. The van der Waals surface area contributed by atoms with Crippen molar-refractivity contribution in [3.63, 3.8) is 0 Å². The van der Waals surface area contributed by atoms with E-state index < -0.39 is 0 Å². The average Bonchev–Trinajstić information content (AvgIpc) is 2.78. The van der Waals surface area contributed by atoms with Crippen LogP contribution in [0.25, 0.3) is 0 Å². The molecule has 2 amide bonds. The summed E-state index contributed by atoms with van der Waals surface area (Å²) in [6.07, 6.45) is 4.46. The summed E-state index contributed by atoms with van der Waals surface area (Å²) in [5.74, 6) is -0.307. The van der Waals surface area contributed by atoms with E-state index >= 15 is 0 Å². The van der Waals surface area contributed by atoms with Crippen molar-refractivity contribution < 1.29 is 19.1 Å². The summed E-state index contributed by atoms with van der Waals surface area (Å²) in [6, 6.07) is 0.0434. The molecule has 1 fully saturated rings. The molecule has 108 valence electrons. The molecule has 1 atom stereocenters. The first-order valence-corrected chi connectivity index (χ1v) is 7.10. The number of carbonyl (C=O) groups excluding carboxylic acids is 3. The third kappa shape index (κ3) is 4.65. The van der Waals surface area contributed by atoms with E-state index in [0.29, 0.717) is 25.9 Å². The molecule has 0 N–H and O–H groups in total. The summed E-state index contributed by atoms with van der Waals surface area (Å²) in [5.41, 5.74) is 0. The van der Waals surface area contributed by atoms with Crippen LogP contribution in [0.5, 0.6) is 0 Å². The standard InChI is InChI=1S/C14H23NO4/c1-3-12(16)15-11(8-9-13(15)17)7-5-6-10-19-14(18)4-2/h11H,3-10H2,1-2H3. The van der Waals surface area contributed by atoms with Crippen LogP contribution in [0.4, 0.5) is 0 Å². The predicted octanol–water partition coefficient (Wildman–Crippen LogP) is 2.04. The van der Waals surface area contributed by atoms with E-state index in [4.69, 9.17) is 4.74 Å². The van der Waals surface area contributed by atoms with Crippen LogP contribution in [0.2, 0.25) is 0 Å². The Bertz CT molecular complexity index is 340. The fraction of sp³-hybridized carbons (Fsp3) is 0.786. The van der Waals surface area contributed by atoms with E-state index in [9.17, 15) is 14.4 Å². The number of amides is 2. The second kappa shape index (κ2) is 7.92. The summed E-state index contributed by atoms with van der Waals surface area (Å²) in [5, 5.41) is 0. The molecule has 0 radical (unpaired) electrons. The number of unbranched alkanes of at least 4 members (excludes halogenated alkanes) is 1. The maximum atomic E-state index is 11.7. The van der Waals surface area contributed by atoms with Crippen LogP contribution in [0.15, 0.2) is 0 Å². The molecule has 1 saturated heterocycles. The van der Waals surface area contributed by atoms with Crippen LogP contribution in [-0.2, 0) is 19.1 Å². The minimum atomic E-state index is -0.182. The van der Waals surface area contributed by atoms with Crippen molar-refractivity contribution in [2.75, 3.05) is 6.61 Å². The van der Waals surface area contributed by atoms with Gasteiger partial charge in [0.15, 0.2) is 0 Å². The van der Waals surface area contributed by atoms with Gasteiger partial charge in [0.1, 0.15) is 0 Å². The molecular formula is C14H23NO4. The monoisotopic (exact) mass is 269 g/mol. The third-order valence-electron chi connectivity index (χ3n) is 3.38. The van der Waals surface area contributed by atoms with Gasteiger partial charge in [-0.2, -0.15) is 0 Å². The van der Waals surface area contributed by atoms with E-state index in [1.165, 1.54) is 4.90 Å². The minimum absolute atomic E-state index is 0.0434. The number of esters is 1. The van der Waals surface area contributed by atoms with Gasteiger partial charge in [0.2, 0.25) is 11.8 Å². The minimum Gasteiger partial charge on any atom is -0.466 e. The molecule has 0 spiro atoms. The zero-order valence-electron chi connectivity index (χ0n) is 11.8. The summed E-state index contributed by atoms with van der Waals surface area (Å²) in [4.78, 5) is 35.7.